The predicted molar refractivity (Wildman–Crippen MR) is 37.1 cm³/mol. The van der Waals surface area contributed by atoms with E-state index in [-0.39, 0.29) is 18.2 Å². The molecule has 0 saturated carbocycles. The lowest BCUT2D eigenvalue weighted by atomic mass is 10.4. The van der Waals surface area contributed by atoms with Crippen LogP contribution in [0.1, 0.15) is 13.3 Å². The van der Waals surface area contributed by atoms with Gasteiger partial charge in [-0.3, -0.25) is 9.00 Å². The summed E-state index contributed by atoms with van der Waals surface area (Å²) >= 11 is -2.05. The third-order valence-corrected chi connectivity index (χ3v) is 1.45. The molecule has 0 rings (SSSR count). The summed E-state index contributed by atoms with van der Waals surface area (Å²) in [5, 5.41) is 2.43. The molecule has 0 saturated heterocycles. The van der Waals surface area contributed by atoms with Gasteiger partial charge in [0.2, 0.25) is 5.91 Å². The highest BCUT2D eigenvalue weighted by atomic mass is 32.2. The minimum absolute atomic E-state index is 0.00819. The van der Waals surface area contributed by atoms with Gasteiger partial charge in [0.05, 0.1) is 0 Å². The van der Waals surface area contributed by atoms with Crippen molar-refractivity contribution in [2.75, 3.05) is 12.3 Å². The Morgan fingerprint density at radius 1 is 1.70 bits per heavy atom. The van der Waals surface area contributed by atoms with Gasteiger partial charge in [0.1, 0.15) is 0 Å². The van der Waals surface area contributed by atoms with Gasteiger partial charge >= 0.3 is 0 Å². The average Bonchev–Trinajstić information content (AvgIpc) is 1.87. The Hall–Kier alpha value is -0.420. The molecule has 1 N–H and O–H groups in total. The van der Waals surface area contributed by atoms with Gasteiger partial charge in [-0.25, -0.2) is 0 Å². The van der Waals surface area contributed by atoms with Crippen molar-refractivity contribution < 1.29 is 13.6 Å². The lowest BCUT2D eigenvalue weighted by Gasteiger charge is -2.04. The maximum absolute atomic E-state index is 10.5. The maximum atomic E-state index is 10.5. The standard InChI is InChI=1S/C5H11NO3S/c1-2-5(7)6-3-4-10(8)9/h2-4H2,1H3,(H,6,7)(H,8,9)/p-1. The highest BCUT2D eigenvalue weighted by Crippen LogP contribution is 1.75. The third-order valence-electron chi connectivity index (χ3n) is 0.912. The van der Waals surface area contributed by atoms with Crippen molar-refractivity contribution in [3.8, 4) is 0 Å². The second-order valence-electron chi connectivity index (χ2n) is 1.71. The van der Waals surface area contributed by atoms with E-state index in [1.54, 1.807) is 6.92 Å². The zero-order chi connectivity index (χ0) is 7.98. The fourth-order valence-electron chi connectivity index (χ4n) is 0.399. The summed E-state index contributed by atoms with van der Waals surface area (Å²) in [7, 11) is 0. The molecule has 0 heterocycles. The molecule has 4 nitrogen and oxygen atoms in total. The Labute approximate surface area is 62.3 Å². The number of nitrogens with one attached hydrogen (secondary N) is 1. The van der Waals surface area contributed by atoms with E-state index >= 15 is 0 Å². The molecule has 60 valence electrons. The van der Waals surface area contributed by atoms with Crippen molar-refractivity contribution in [2.24, 2.45) is 0 Å². The van der Waals surface area contributed by atoms with Crippen molar-refractivity contribution >= 4 is 17.0 Å². The van der Waals surface area contributed by atoms with Gasteiger partial charge in [-0.2, -0.15) is 0 Å². The molecule has 0 aromatic heterocycles. The molecule has 0 aromatic rings. The summed E-state index contributed by atoms with van der Waals surface area (Å²) < 4.78 is 19.8. The van der Waals surface area contributed by atoms with Gasteiger partial charge in [0.25, 0.3) is 0 Å². The molecule has 1 amide bonds. The van der Waals surface area contributed by atoms with Gasteiger partial charge in [-0.1, -0.05) is 18.0 Å². The molecule has 1 unspecified atom stereocenters. The van der Waals surface area contributed by atoms with E-state index in [9.17, 15) is 13.6 Å². The lowest BCUT2D eigenvalue weighted by molar-refractivity contribution is -0.120. The number of carbonyl (C=O) groups excluding carboxylic acids is 1. The normalized spacial score (nSPS) is 12.6. The largest absolute Gasteiger partial charge is 0.772 e. The average molecular weight is 164 g/mol. The summed E-state index contributed by atoms with van der Waals surface area (Å²) in [6.45, 7) is 1.92. The Morgan fingerprint density at radius 3 is 2.70 bits per heavy atom. The van der Waals surface area contributed by atoms with Crippen LogP contribution in [0.5, 0.6) is 0 Å². The van der Waals surface area contributed by atoms with Crippen molar-refractivity contribution in [2.45, 2.75) is 13.3 Å². The second kappa shape index (κ2) is 5.37. The van der Waals surface area contributed by atoms with Gasteiger partial charge < -0.3 is 9.87 Å². The zero-order valence-electron chi connectivity index (χ0n) is 5.75. The fourth-order valence-corrected chi connectivity index (χ4v) is 0.668. The zero-order valence-corrected chi connectivity index (χ0v) is 6.57. The molecule has 0 bridgehead atoms. The van der Waals surface area contributed by atoms with E-state index in [2.05, 4.69) is 5.32 Å². The summed E-state index contributed by atoms with van der Waals surface area (Å²) in [6.07, 6.45) is 0.394. The summed E-state index contributed by atoms with van der Waals surface area (Å²) in [4.78, 5) is 10.5. The van der Waals surface area contributed by atoms with Crippen molar-refractivity contribution in [1.82, 2.24) is 5.32 Å². The summed E-state index contributed by atoms with van der Waals surface area (Å²) in [5.41, 5.74) is 0. The molecule has 0 aromatic carbocycles. The van der Waals surface area contributed by atoms with Gasteiger partial charge in [-0.15, -0.1) is 0 Å². The summed E-state index contributed by atoms with van der Waals surface area (Å²) in [5.74, 6) is -0.128. The van der Waals surface area contributed by atoms with Crippen molar-refractivity contribution in [3.05, 3.63) is 0 Å². The lowest BCUT2D eigenvalue weighted by Crippen LogP contribution is -2.26. The van der Waals surface area contributed by atoms with Crippen LogP contribution in [0.15, 0.2) is 0 Å². The van der Waals surface area contributed by atoms with Crippen LogP contribution in [-0.2, 0) is 15.9 Å². The first-order chi connectivity index (χ1) is 4.66. The number of hydrogen-bond acceptors (Lipinski definition) is 3. The van der Waals surface area contributed by atoms with E-state index in [0.717, 1.165) is 0 Å². The molecule has 10 heavy (non-hydrogen) atoms. The number of hydrogen-bond donors (Lipinski definition) is 1. The molecule has 0 fully saturated rings. The first kappa shape index (κ1) is 9.58. The van der Waals surface area contributed by atoms with Gasteiger partial charge in [0, 0.05) is 18.7 Å². The highest BCUT2D eigenvalue weighted by Gasteiger charge is 1.93. The fraction of sp³-hybridized carbons (Fsp3) is 0.800. The monoisotopic (exact) mass is 164 g/mol. The van der Waals surface area contributed by atoms with Gasteiger partial charge in [0.15, 0.2) is 0 Å². The van der Waals surface area contributed by atoms with E-state index in [4.69, 9.17) is 0 Å². The molecule has 0 aliphatic heterocycles. The Kier molecular flexibility index (Phi) is 5.15. The number of carbonyl (C=O) groups is 1. The van der Waals surface area contributed by atoms with Crippen LogP contribution in [-0.4, -0.2) is 27.0 Å². The number of amides is 1. The Morgan fingerprint density at radius 2 is 2.30 bits per heavy atom. The maximum Gasteiger partial charge on any atom is 0.219 e. The van der Waals surface area contributed by atoms with Gasteiger partial charge in [-0.05, 0) is 0 Å². The van der Waals surface area contributed by atoms with E-state index < -0.39 is 11.1 Å². The van der Waals surface area contributed by atoms with Crippen LogP contribution in [0.2, 0.25) is 0 Å². The van der Waals surface area contributed by atoms with Crippen molar-refractivity contribution in [1.29, 1.82) is 0 Å². The molecule has 1 atom stereocenters. The molecule has 5 heteroatoms. The van der Waals surface area contributed by atoms with Crippen molar-refractivity contribution in [3.63, 3.8) is 0 Å². The number of rotatable bonds is 4. The molecular weight excluding hydrogens is 154 g/mol. The van der Waals surface area contributed by atoms with Crippen LogP contribution in [0.4, 0.5) is 0 Å². The molecule has 0 spiro atoms. The highest BCUT2D eigenvalue weighted by molar-refractivity contribution is 7.79. The summed E-state index contributed by atoms with van der Waals surface area (Å²) in [6, 6.07) is 0. The Balaban J connectivity index is 3.20. The van der Waals surface area contributed by atoms with E-state index in [1.807, 2.05) is 0 Å². The van der Waals surface area contributed by atoms with Crippen LogP contribution in [0.25, 0.3) is 0 Å². The van der Waals surface area contributed by atoms with Crippen LogP contribution in [0, 0.1) is 0 Å². The van der Waals surface area contributed by atoms with Crippen LogP contribution in [0.3, 0.4) is 0 Å². The Bertz CT molecular complexity index is 137. The first-order valence-corrected chi connectivity index (χ1v) is 4.23. The predicted octanol–water partition coefficient (Wildman–Crippen LogP) is -0.608. The second-order valence-corrected chi connectivity index (χ2v) is 2.73. The SMILES string of the molecule is CCC(=O)NCCS(=O)[O-]. The quantitative estimate of drug-likeness (QED) is 0.564. The smallest absolute Gasteiger partial charge is 0.219 e. The molecule has 0 aliphatic rings. The molecule has 0 radical (unpaired) electrons. The van der Waals surface area contributed by atoms with E-state index in [1.165, 1.54) is 0 Å². The molecular formula is C5H10NO3S-. The molecule has 0 aliphatic carbocycles. The van der Waals surface area contributed by atoms with Crippen LogP contribution >= 0.6 is 0 Å². The topological polar surface area (TPSA) is 69.2 Å². The minimum Gasteiger partial charge on any atom is -0.772 e. The van der Waals surface area contributed by atoms with Crippen LogP contribution < -0.4 is 5.32 Å². The first-order valence-electron chi connectivity index (χ1n) is 2.99. The van der Waals surface area contributed by atoms with E-state index in [0.29, 0.717) is 6.42 Å². The minimum atomic E-state index is -2.05. The third kappa shape index (κ3) is 5.71.